The molecule has 0 heterocycles. The summed E-state index contributed by atoms with van der Waals surface area (Å²) in [4.78, 5) is 0. The van der Waals surface area contributed by atoms with E-state index in [-0.39, 0.29) is 29.7 Å². The number of fused-ring (bicyclic) bond motifs is 1. The normalized spacial score (nSPS) is 31.6. The third-order valence-corrected chi connectivity index (χ3v) is 8.27. The third kappa shape index (κ3) is 5.89. The second-order valence-corrected chi connectivity index (χ2v) is 11.4. The van der Waals surface area contributed by atoms with Crippen molar-refractivity contribution < 1.29 is 41.7 Å². The van der Waals surface area contributed by atoms with Gasteiger partial charge in [0.1, 0.15) is 0 Å². The lowest BCUT2D eigenvalue weighted by Gasteiger charge is -2.50. The Labute approximate surface area is 192 Å². The van der Waals surface area contributed by atoms with Gasteiger partial charge in [0.25, 0.3) is 5.60 Å². The predicted octanol–water partition coefficient (Wildman–Crippen LogP) is 6.31. The van der Waals surface area contributed by atoms with E-state index < -0.39 is 35.1 Å². The van der Waals surface area contributed by atoms with Crippen LogP contribution in [0.4, 0.5) is 26.3 Å². The highest BCUT2D eigenvalue weighted by molar-refractivity contribution is 5.13. The van der Waals surface area contributed by atoms with Crippen LogP contribution in [0.5, 0.6) is 0 Å². The molecule has 0 amide bonds. The van der Waals surface area contributed by atoms with Gasteiger partial charge in [0.05, 0.1) is 11.7 Å². The summed E-state index contributed by atoms with van der Waals surface area (Å²) in [6, 6.07) is 0. The summed E-state index contributed by atoms with van der Waals surface area (Å²) in [5.74, 6) is 0.0393. The van der Waals surface area contributed by atoms with E-state index in [4.69, 9.17) is 0 Å². The Hall–Kier alpha value is -0.800. The molecule has 2 saturated carbocycles. The first-order valence-electron chi connectivity index (χ1n) is 11.7. The van der Waals surface area contributed by atoms with Crippen molar-refractivity contribution in [3.8, 4) is 0 Å². The Morgan fingerprint density at radius 2 is 1.48 bits per heavy atom. The van der Waals surface area contributed by atoms with Crippen molar-refractivity contribution in [1.29, 1.82) is 0 Å². The Bertz CT molecular complexity index is 682. The lowest BCUT2D eigenvalue weighted by molar-refractivity contribution is -0.347. The standard InChI is InChI=1S/C24H38F6O3/c1-19(2,32)11-6-12-20(3,13-7-15-22(33,23(25,26)27)24(28,29)30)18-10-9-16-17(31)8-5-14-21(16,18)4/h7,15-18,31-33H,5-6,8-14H2,1-4H3/b15-7-/t16-,17-,18+,20+,21-/m0/s1. The van der Waals surface area contributed by atoms with Crippen LogP contribution >= 0.6 is 0 Å². The summed E-state index contributed by atoms with van der Waals surface area (Å²) < 4.78 is 78.6. The van der Waals surface area contributed by atoms with Crippen LogP contribution in [0.15, 0.2) is 12.2 Å². The summed E-state index contributed by atoms with van der Waals surface area (Å²) >= 11 is 0. The minimum atomic E-state index is -5.89. The van der Waals surface area contributed by atoms with Crippen molar-refractivity contribution in [3.05, 3.63) is 12.2 Å². The molecule has 0 bridgehead atoms. The van der Waals surface area contributed by atoms with Gasteiger partial charge >= 0.3 is 12.4 Å². The average Bonchev–Trinajstić information content (AvgIpc) is 2.97. The second kappa shape index (κ2) is 9.34. The zero-order valence-corrected chi connectivity index (χ0v) is 19.9. The lowest BCUT2D eigenvalue weighted by Crippen LogP contribution is -2.55. The van der Waals surface area contributed by atoms with Gasteiger partial charge in [-0.15, -0.1) is 0 Å². The maximum Gasteiger partial charge on any atom is 0.429 e. The van der Waals surface area contributed by atoms with Gasteiger partial charge < -0.3 is 15.3 Å². The third-order valence-electron chi connectivity index (χ3n) is 8.27. The van der Waals surface area contributed by atoms with Crippen molar-refractivity contribution in [1.82, 2.24) is 0 Å². The van der Waals surface area contributed by atoms with Gasteiger partial charge in [0.2, 0.25) is 0 Å². The maximum absolute atomic E-state index is 13.1. The molecule has 33 heavy (non-hydrogen) atoms. The molecule has 5 atom stereocenters. The van der Waals surface area contributed by atoms with E-state index in [1.165, 1.54) is 0 Å². The van der Waals surface area contributed by atoms with Gasteiger partial charge in [0.15, 0.2) is 0 Å². The van der Waals surface area contributed by atoms with Gasteiger partial charge in [-0.3, -0.25) is 0 Å². The van der Waals surface area contributed by atoms with E-state index in [0.717, 1.165) is 31.8 Å². The number of aliphatic hydroxyl groups is 3. The highest BCUT2D eigenvalue weighted by Crippen LogP contribution is 2.62. The molecule has 2 fully saturated rings. The van der Waals surface area contributed by atoms with Crippen LogP contribution in [-0.2, 0) is 0 Å². The highest BCUT2D eigenvalue weighted by atomic mass is 19.4. The van der Waals surface area contributed by atoms with Crippen molar-refractivity contribution in [2.45, 2.75) is 115 Å². The smallest absolute Gasteiger partial charge is 0.393 e. The molecule has 0 unspecified atom stereocenters. The zero-order chi connectivity index (χ0) is 25.5. The molecule has 0 radical (unpaired) electrons. The summed E-state index contributed by atoms with van der Waals surface area (Å²) in [6.07, 6.45) is -6.29. The van der Waals surface area contributed by atoms with E-state index in [2.05, 4.69) is 6.92 Å². The van der Waals surface area contributed by atoms with Crippen LogP contribution in [-0.4, -0.2) is 45.0 Å². The molecule has 3 nitrogen and oxygen atoms in total. The molecule has 2 rings (SSSR count). The first-order valence-corrected chi connectivity index (χ1v) is 11.7. The average molecular weight is 489 g/mol. The summed E-state index contributed by atoms with van der Waals surface area (Å²) in [6.45, 7) is 7.27. The quantitative estimate of drug-likeness (QED) is 0.277. The van der Waals surface area contributed by atoms with Gasteiger partial charge in [-0.25, -0.2) is 0 Å². The Balaban J connectivity index is 2.35. The van der Waals surface area contributed by atoms with Crippen molar-refractivity contribution in [2.24, 2.45) is 22.7 Å². The Morgan fingerprint density at radius 3 is 2.00 bits per heavy atom. The molecule has 0 spiro atoms. The fourth-order valence-corrected chi connectivity index (χ4v) is 6.49. The minimum absolute atomic E-state index is 0.0127. The monoisotopic (exact) mass is 488 g/mol. The van der Waals surface area contributed by atoms with Crippen molar-refractivity contribution >= 4 is 0 Å². The van der Waals surface area contributed by atoms with E-state index in [1.807, 2.05) is 6.92 Å². The molecule has 2 aliphatic carbocycles. The van der Waals surface area contributed by atoms with Crippen molar-refractivity contribution in [3.63, 3.8) is 0 Å². The number of alkyl halides is 6. The molecule has 3 N–H and O–H groups in total. The molecule has 0 aromatic rings. The van der Waals surface area contributed by atoms with E-state index >= 15 is 0 Å². The summed E-state index contributed by atoms with van der Waals surface area (Å²) in [5, 5.41) is 30.1. The number of allylic oxidation sites excluding steroid dienone is 1. The fraction of sp³-hybridized carbons (Fsp3) is 0.917. The van der Waals surface area contributed by atoms with E-state index in [0.29, 0.717) is 25.7 Å². The van der Waals surface area contributed by atoms with Crippen LogP contribution in [0.3, 0.4) is 0 Å². The molecular formula is C24H38F6O3. The van der Waals surface area contributed by atoms with E-state index in [1.54, 1.807) is 13.8 Å². The SMILES string of the molecule is CC(C)(O)CCC[C@](C)(C/C=C\C(O)(C(F)(F)F)C(F)(F)F)[C@H]1CC[C@H]2[C@@H](O)CCC[C@]12C. The first kappa shape index (κ1) is 28.4. The number of aliphatic hydroxyl groups excluding tert-OH is 1. The van der Waals surface area contributed by atoms with Gasteiger partial charge in [-0.2, -0.15) is 26.3 Å². The van der Waals surface area contributed by atoms with Crippen LogP contribution in [0, 0.1) is 22.7 Å². The van der Waals surface area contributed by atoms with Crippen LogP contribution in [0.2, 0.25) is 0 Å². The first-order chi connectivity index (χ1) is 14.8. The lowest BCUT2D eigenvalue weighted by atomic mass is 9.56. The van der Waals surface area contributed by atoms with Gasteiger partial charge in [-0.05, 0) is 87.5 Å². The fourth-order valence-electron chi connectivity index (χ4n) is 6.49. The van der Waals surface area contributed by atoms with E-state index in [9.17, 15) is 41.7 Å². The largest absolute Gasteiger partial charge is 0.429 e. The maximum atomic E-state index is 13.1. The molecule has 0 aromatic carbocycles. The number of hydrogen-bond acceptors (Lipinski definition) is 3. The molecule has 0 aliphatic heterocycles. The minimum Gasteiger partial charge on any atom is -0.393 e. The van der Waals surface area contributed by atoms with Crippen molar-refractivity contribution in [2.75, 3.05) is 0 Å². The molecule has 194 valence electrons. The molecule has 0 saturated heterocycles. The molecular weight excluding hydrogens is 450 g/mol. The zero-order valence-electron chi connectivity index (χ0n) is 19.9. The Morgan fingerprint density at radius 1 is 0.909 bits per heavy atom. The molecule has 2 aliphatic rings. The molecule has 0 aromatic heterocycles. The van der Waals surface area contributed by atoms with Gasteiger partial charge in [-0.1, -0.05) is 32.8 Å². The predicted molar refractivity (Wildman–Crippen MR) is 113 cm³/mol. The van der Waals surface area contributed by atoms with Crippen LogP contribution in [0.1, 0.15) is 85.5 Å². The number of hydrogen-bond donors (Lipinski definition) is 3. The Kier molecular flexibility index (Phi) is 8.05. The number of rotatable bonds is 8. The van der Waals surface area contributed by atoms with Gasteiger partial charge in [0, 0.05) is 0 Å². The molecule has 9 heteroatoms. The van der Waals surface area contributed by atoms with Crippen LogP contribution in [0.25, 0.3) is 0 Å². The highest BCUT2D eigenvalue weighted by Gasteiger charge is 2.69. The van der Waals surface area contributed by atoms with Crippen LogP contribution < -0.4 is 0 Å². The topological polar surface area (TPSA) is 60.7 Å². The second-order valence-electron chi connectivity index (χ2n) is 11.4. The number of halogens is 6. The summed E-state index contributed by atoms with van der Waals surface area (Å²) in [7, 11) is 0. The summed E-state index contributed by atoms with van der Waals surface area (Å²) in [5.41, 5.74) is -6.76.